The fraction of sp³-hybridized carbons (Fsp3) is 0.786. The Labute approximate surface area is 95.0 Å². The van der Waals surface area contributed by atoms with Gasteiger partial charge in [0.15, 0.2) is 0 Å². The van der Waals surface area contributed by atoms with Crippen LogP contribution in [0.2, 0.25) is 0 Å². The molecule has 0 aromatic carbocycles. The topological polar surface area (TPSA) is 17.1 Å². The van der Waals surface area contributed by atoms with Crippen molar-refractivity contribution in [3.8, 4) is 0 Å². The predicted octanol–water partition coefficient (Wildman–Crippen LogP) is 4.37. The number of allylic oxidation sites excluding steroid dienone is 2. The van der Waals surface area contributed by atoms with Crippen LogP contribution in [0, 0.1) is 11.8 Å². The third kappa shape index (κ3) is 8.41. The lowest BCUT2D eigenvalue weighted by Gasteiger charge is -2.10. The Morgan fingerprint density at radius 2 is 1.87 bits per heavy atom. The van der Waals surface area contributed by atoms with Crippen molar-refractivity contribution in [2.24, 2.45) is 11.8 Å². The Balaban J connectivity index is 3.48. The Bertz CT molecular complexity index is 192. The quantitative estimate of drug-likeness (QED) is 0.429. The maximum Gasteiger partial charge on any atom is 0.135 e. The van der Waals surface area contributed by atoms with Gasteiger partial charge in [0.2, 0.25) is 0 Å². The standard InChI is InChI=1S/C14H26O/c1-5-6-7-8-9-13(4)10-11-14(15)12(2)3/h5-6,12-13H,7-11H2,1-4H3/b6-5+. The first kappa shape index (κ1) is 14.4. The first-order valence-corrected chi connectivity index (χ1v) is 6.21. The van der Waals surface area contributed by atoms with Crippen molar-refractivity contribution in [2.75, 3.05) is 0 Å². The molecule has 88 valence electrons. The van der Waals surface area contributed by atoms with Crippen molar-refractivity contribution in [1.29, 1.82) is 0 Å². The highest BCUT2D eigenvalue weighted by Crippen LogP contribution is 2.15. The summed E-state index contributed by atoms with van der Waals surface area (Å²) in [5.74, 6) is 1.31. The molecule has 15 heavy (non-hydrogen) atoms. The molecule has 1 heteroatoms. The van der Waals surface area contributed by atoms with Crippen LogP contribution in [0.25, 0.3) is 0 Å². The molecule has 0 aromatic heterocycles. The fourth-order valence-electron chi connectivity index (χ4n) is 1.57. The van der Waals surface area contributed by atoms with E-state index in [1.165, 1.54) is 19.3 Å². The molecule has 1 atom stereocenters. The number of carbonyl (C=O) groups is 1. The molecular weight excluding hydrogens is 184 g/mol. The van der Waals surface area contributed by atoms with E-state index >= 15 is 0 Å². The zero-order valence-electron chi connectivity index (χ0n) is 10.8. The van der Waals surface area contributed by atoms with Crippen LogP contribution >= 0.6 is 0 Å². The van der Waals surface area contributed by atoms with Crippen LogP contribution in [0.3, 0.4) is 0 Å². The minimum absolute atomic E-state index is 0.209. The largest absolute Gasteiger partial charge is 0.299 e. The molecule has 1 nitrogen and oxygen atoms in total. The summed E-state index contributed by atoms with van der Waals surface area (Å²) >= 11 is 0. The average molecular weight is 210 g/mol. The summed E-state index contributed by atoms with van der Waals surface area (Å²) in [6, 6.07) is 0. The molecule has 0 aliphatic carbocycles. The van der Waals surface area contributed by atoms with Gasteiger partial charge in [0, 0.05) is 12.3 Å². The molecule has 0 heterocycles. The average Bonchev–Trinajstić information content (AvgIpc) is 2.20. The van der Waals surface area contributed by atoms with E-state index in [0.29, 0.717) is 11.7 Å². The van der Waals surface area contributed by atoms with Crippen molar-refractivity contribution in [2.45, 2.75) is 59.8 Å². The highest BCUT2D eigenvalue weighted by atomic mass is 16.1. The Hall–Kier alpha value is -0.590. The number of ketones is 1. The summed E-state index contributed by atoms with van der Waals surface area (Å²) in [4.78, 5) is 11.4. The van der Waals surface area contributed by atoms with Crippen LogP contribution < -0.4 is 0 Å². The van der Waals surface area contributed by atoms with Gasteiger partial charge >= 0.3 is 0 Å². The van der Waals surface area contributed by atoms with Crippen LogP contribution in [-0.4, -0.2) is 5.78 Å². The lowest BCUT2D eigenvalue weighted by atomic mass is 9.95. The van der Waals surface area contributed by atoms with Crippen molar-refractivity contribution < 1.29 is 4.79 Å². The molecular formula is C14H26O. The minimum Gasteiger partial charge on any atom is -0.299 e. The van der Waals surface area contributed by atoms with Crippen molar-refractivity contribution in [1.82, 2.24) is 0 Å². The number of unbranched alkanes of at least 4 members (excludes halogenated alkanes) is 1. The molecule has 0 spiro atoms. The molecule has 1 unspecified atom stereocenters. The molecule has 0 bridgehead atoms. The number of carbonyl (C=O) groups excluding carboxylic acids is 1. The van der Waals surface area contributed by atoms with Gasteiger partial charge in [0.05, 0.1) is 0 Å². The summed E-state index contributed by atoms with van der Waals surface area (Å²) in [5.41, 5.74) is 0. The van der Waals surface area contributed by atoms with Gasteiger partial charge in [-0.1, -0.05) is 39.3 Å². The highest BCUT2D eigenvalue weighted by Gasteiger charge is 2.09. The van der Waals surface area contributed by atoms with E-state index in [2.05, 4.69) is 26.0 Å². The van der Waals surface area contributed by atoms with E-state index in [-0.39, 0.29) is 5.92 Å². The van der Waals surface area contributed by atoms with Gasteiger partial charge in [0.25, 0.3) is 0 Å². The number of rotatable bonds is 8. The lowest BCUT2D eigenvalue weighted by Crippen LogP contribution is -2.08. The molecule has 0 aromatic rings. The predicted molar refractivity (Wildman–Crippen MR) is 66.9 cm³/mol. The fourth-order valence-corrected chi connectivity index (χ4v) is 1.57. The van der Waals surface area contributed by atoms with Gasteiger partial charge in [-0.25, -0.2) is 0 Å². The van der Waals surface area contributed by atoms with E-state index in [0.717, 1.165) is 12.8 Å². The van der Waals surface area contributed by atoms with Crippen LogP contribution in [0.4, 0.5) is 0 Å². The van der Waals surface area contributed by atoms with Crippen molar-refractivity contribution in [3.63, 3.8) is 0 Å². The molecule has 0 amide bonds. The van der Waals surface area contributed by atoms with E-state index in [4.69, 9.17) is 0 Å². The van der Waals surface area contributed by atoms with Gasteiger partial charge in [-0.3, -0.25) is 4.79 Å². The second kappa shape index (κ2) is 8.70. The monoisotopic (exact) mass is 210 g/mol. The second-order valence-corrected chi connectivity index (χ2v) is 4.76. The second-order valence-electron chi connectivity index (χ2n) is 4.76. The molecule has 0 saturated heterocycles. The van der Waals surface area contributed by atoms with Crippen LogP contribution in [0.5, 0.6) is 0 Å². The van der Waals surface area contributed by atoms with Gasteiger partial charge in [-0.15, -0.1) is 0 Å². The minimum atomic E-state index is 0.209. The molecule has 0 aliphatic heterocycles. The zero-order valence-corrected chi connectivity index (χ0v) is 10.8. The van der Waals surface area contributed by atoms with E-state index in [1.54, 1.807) is 0 Å². The molecule has 0 N–H and O–H groups in total. The number of hydrogen-bond donors (Lipinski definition) is 0. The maximum absolute atomic E-state index is 11.4. The third-order valence-electron chi connectivity index (χ3n) is 2.83. The van der Waals surface area contributed by atoms with E-state index in [9.17, 15) is 4.79 Å². The third-order valence-corrected chi connectivity index (χ3v) is 2.83. The highest BCUT2D eigenvalue weighted by molar-refractivity contribution is 5.80. The van der Waals surface area contributed by atoms with E-state index in [1.807, 2.05) is 13.8 Å². The SMILES string of the molecule is C/C=C/CCCC(C)CCC(=O)C(C)C. The van der Waals surface area contributed by atoms with Gasteiger partial charge in [0.1, 0.15) is 5.78 Å². The van der Waals surface area contributed by atoms with Crippen LogP contribution in [-0.2, 0) is 4.79 Å². The summed E-state index contributed by atoms with van der Waals surface area (Å²) in [7, 11) is 0. The van der Waals surface area contributed by atoms with Gasteiger partial charge in [-0.05, 0) is 32.1 Å². The summed E-state index contributed by atoms with van der Waals surface area (Å²) in [6.07, 6.45) is 9.82. The Kier molecular flexibility index (Phi) is 8.35. The van der Waals surface area contributed by atoms with Crippen LogP contribution in [0.15, 0.2) is 12.2 Å². The molecule has 0 aliphatic rings. The molecule has 0 fully saturated rings. The summed E-state index contributed by atoms with van der Waals surface area (Å²) in [6.45, 7) is 8.28. The first-order valence-electron chi connectivity index (χ1n) is 6.21. The summed E-state index contributed by atoms with van der Waals surface area (Å²) in [5, 5.41) is 0. The van der Waals surface area contributed by atoms with Crippen molar-refractivity contribution >= 4 is 5.78 Å². The zero-order chi connectivity index (χ0) is 11.7. The molecule has 0 saturated carbocycles. The van der Waals surface area contributed by atoms with E-state index < -0.39 is 0 Å². The van der Waals surface area contributed by atoms with Crippen LogP contribution in [0.1, 0.15) is 59.8 Å². The van der Waals surface area contributed by atoms with Crippen molar-refractivity contribution in [3.05, 3.63) is 12.2 Å². The van der Waals surface area contributed by atoms with Gasteiger partial charge in [-0.2, -0.15) is 0 Å². The summed E-state index contributed by atoms with van der Waals surface area (Å²) < 4.78 is 0. The number of Topliss-reactive ketones (excluding diaryl/α,β-unsaturated/α-hetero) is 1. The first-order chi connectivity index (χ1) is 7.07. The normalized spacial score (nSPS) is 13.7. The maximum atomic E-state index is 11.4. The smallest absolute Gasteiger partial charge is 0.135 e. The molecule has 0 rings (SSSR count). The number of hydrogen-bond acceptors (Lipinski definition) is 1. The van der Waals surface area contributed by atoms with Gasteiger partial charge < -0.3 is 0 Å². The Morgan fingerprint density at radius 1 is 1.20 bits per heavy atom. The molecule has 0 radical (unpaired) electrons. The lowest BCUT2D eigenvalue weighted by molar-refractivity contribution is -0.122. The Morgan fingerprint density at radius 3 is 2.40 bits per heavy atom.